The first kappa shape index (κ1) is 22.1. The number of hydrogen-bond acceptors (Lipinski definition) is 5. The highest BCUT2D eigenvalue weighted by Crippen LogP contribution is 2.31. The van der Waals surface area contributed by atoms with E-state index < -0.39 is 30.5 Å². The van der Waals surface area contributed by atoms with Crippen LogP contribution in [0.25, 0.3) is 10.4 Å². The molecule has 3 N–H and O–H groups in total. The van der Waals surface area contributed by atoms with Crippen LogP contribution in [0.15, 0.2) is 40.2 Å². The lowest BCUT2D eigenvalue weighted by Crippen LogP contribution is -2.58. The number of hydrogen-bond donors (Lipinski definition) is 3. The number of carbonyl (C=O) groups is 1. The highest BCUT2D eigenvalue weighted by molar-refractivity contribution is 9.11. The lowest BCUT2D eigenvalue weighted by molar-refractivity contribution is -0.143. The lowest BCUT2D eigenvalue weighted by atomic mass is 9.93. The number of aliphatic hydroxyl groups excluding tert-OH is 1. The number of Topliss-reactive ketones (excluding diaryl/α,β-unsaturated/α-hetero) is 1. The lowest BCUT2D eigenvalue weighted by Gasteiger charge is -2.31. The summed E-state index contributed by atoms with van der Waals surface area (Å²) in [6.45, 7) is 0.254. The van der Waals surface area contributed by atoms with Crippen molar-refractivity contribution < 1.29 is 23.8 Å². The molecule has 2 aromatic rings. The number of alkyl halides is 2. The van der Waals surface area contributed by atoms with Crippen LogP contribution in [-0.4, -0.2) is 47.2 Å². The maximum atomic E-state index is 13.0. The van der Waals surface area contributed by atoms with E-state index in [0.29, 0.717) is 12.8 Å². The van der Waals surface area contributed by atoms with Gasteiger partial charge in [0.2, 0.25) is 0 Å². The smallest absolute Gasteiger partial charge is 0.268 e. The van der Waals surface area contributed by atoms with Crippen LogP contribution in [-0.2, 0) is 11.2 Å². The van der Waals surface area contributed by atoms with Crippen molar-refractivity contribution in [1.29, 1.82) is 0 Å². The fourth-order valence-electron chi connectivity index (χ4n) is 2.71. The summed E-state index contributed by atoms with van der Waals surface area (Å²) in [5.41, 5.74) is -0.327. The molecule has 0 amide bonds. The fourth-order valence-corrected chi connectivity index (χ4v) is 4.10. The van der Waals surface area contributed by atoms with Gasteiger partial charge in [-0.05, 0) is 65.5 Å². The molecule has 0 fully saturated rings. The third-order valence-electron chi connectivity index (χ3n) is 4.31. The van der Waals surface area contributed by atoms with Crippen LogP contribution in [0.5, 0.6) is 0 Å². The van der Waals surface area contributed by atoms with Crippen molar-refractivity contribution in [3.05, 3.63) is 45.7 Å². The Kier molecular flexibility index (Phi) is 8.05. The zero-order chi connectivity index (χ0) is 20.0. The number of aryl methyl sites for hydroxylation is 1. The second kappa shape index (κ2) is 9.84. The Morgan fingerprint density at radius 1 is 1.26 bits per heavy atom. The fraction of sp³-hybridized carbons (Fsp3) is 0.421. The molecule has 27 heavy (non-hydrogen) atoms. The summed E-state index contributed by atoms with van der Waals surface area (Å²) in [6, 6.07) is 10.6. The number of rotatable bonds is 10. The minimum atomic E-state index is -3.10. The quantitative estimate of drug-likeness (QED) is 0.472. The van der Waals surface area contributed by atoms with Gasteiger partial charge in [0.1, 0.15) is 18.2 Å². The highest BCUT2D eigenvalue weighted by atomic mass is 79.9. The summed E-state index contributed by atoms with van der Waals surface area (Å²) in [5, 5.41) is 21.5. The van der Waals surface area contributed by atoms with Gasteiger partial charge in [-0.2, -0.15) is 0 Å². The molecule has 8 heteroatoms. The Bertz CT molecular complexity index is 750. The summed E-state index contributed by atoms with van der Waals surface area (Å²) >= 11 is 5.09. The van der Waals surface area contributed by atoms with Gasteiger partial charge in [-0.15, -0.1) is 11.3 Å². The van der Waals surface area contributed by atoms with Crippen molar-refractivity contribution in [3.8, 4) is 10.4 Å². The van der Waals surface area contributed by atoms with E-state index in [1.165, 1.54) is 0 Å². The zero-order valence-corrected chi connectivity index (χ0v) is 17.2. The van der Waals surface area contributed by atoms with Crippen molar-refractivity contribution in [1.82, 2.24) is 5.32 Å². The molecule has 1 aromatic carbocycles. The molecule has 0 aliphatic heterocycles. The average molecular weight is 462 g/mol. The highest BCUT2D eigenvalue weighted by Gasteiger charge is 2.44. The number of ketones is 1. The summed E-state index contributed by atoms with van der Waals surface area (Å²) in [7, 11) is 0. The molecule has 4 nitrogen and oxygen atoms in total. The van der Waals surface area contributed by atoms with Gasteiger partial charge in [-0.25, -0.2) is 8.78 Å². The van der Waals surface area contributed by atoms with Gasteiger partial charge in [0.25, 0.3) is 6.43 Å². The zero-order valence-electron chi connectivity index (χ0n) is 14.8. The van der Waals surface area contributed by atoms with E-state index >= 15 is 0 Å². The number of nitrogens with one attached hydrogen (secondary N) is 1. The number of thiophene rings is 1. The molecule has 1 aromatic heterocycles. The predicted octanol–water partition coefficient (Wildman–Crippen LogP) is 3.65. The Hall–Kier alpha value is -1.19. The first-order valence-electron chi connectivity index (χ1n) is 8.48. The van der Waals surface area contributed by atoms with Crippen molar-refractivity contribution >= 4 is 33.0 Å². The molecule has 0 radical (unpaired) electrons. The SMILES string of the molecule is C[C@@](O)(C(F)F)[C@H](NCCCc1ccc(-c2ccc(Br)s2)cc1)C(=O)CO. The van der Waals surface area contributed by atoms with Gasteiger partial charge < -0.3 is 15.5 Å². The molecule has 148 valence electrons. The molecular formula is C19H22BrF2NO3S. The minimum Gasteiger partial charge on any atom is -0.389 e. The van der Waals surface area contributed by atoms with E-state index in [1.54, 1.807) is 11.3 Å². The topological polar surface area (TPSA) is 69.6 Å². The summed E-state index contributed by atoms with van der Waals surface area (Å²) in [6.07, 6.45) is -1.81. The van der Waals surface area contributed by atoms with Gasteiger partial charge in [0, 0.05) is 4.88 Å². The van der Waals surface area contributed by atoms with Crippen LogP contribution >= 0.6 is 27.3 Å². The van der Waals surface area contributed by atoms with E-state index in [-0.39, 0.29) is 6.54 Å². The van der Waals surface area contributed by atoms with Crippen molar-refractivity contribution in [3.63, 3.8) is 0 Å². The van der Waals surface area contributed by atoms with Crippen LogP contribution in [0.3, 0.4) is 0 Å². The van der Waals surface area contributed by atoms with Gasteiger partial charge in [0.15, 0.2) is 5.78 Å². The molecule has 0 bridgehead atoms. The molecule has 0 aliphatic rings. The number of carbonyl (C=O) groups excluding carboxylic acids is 1. The Morgan fingerprint density at radius 2 is 1.93 bits per heavy atom. The molecule has 0 spiro atoms. The number of halogens is 3. The molecule has 0 aliphatic carbocycles. The van der Waals surface area contributed by atoms with Gasteiger partial charge in [-0.1, -0.05) is 24.3 Å². The Morgan fingerprint density at radius 3 is 2.44 bits per heavy atom. The summed E-state index contributed by atoms with van der Waals surface area (Å²) in [4.78, 5) is 12.9. The maximum absolute atomic E-state index is 13.0. The second-order valence-electron chi connectivity index (χ2n) is 6.44. The number of benzene rings is 1. The van der Waals surface area contributed by atoms with Crippen LogP contribution in [0.2, 0.25) is 0 Å². The first-order chi connectivity index (χ1) is 12.8. The average Bonchev–Trinajstić information content (AvgIpc) is 3.07. The van der Waals surface area contributed by atoms with Crippen LogP contribution in [0.1, 0.15) is 18.9 Å². The Labute approximate surface area is 169 Å². The standard InChI is InChI=1S/C19H22BrF2NO3S/c1-19(26,18(21)22)17(14(25)11-24)23-10-2-3-12-4-6-13(7-5-12)15-8-9-16(20)27-15/h4-9,17-18,23-24,26H,2-3,10-11H2,1H3/t17-,19+/m1/s1. The predicted molar refractivity (Wildman–Crippen MR) is 106 cm³/mol. The van der Waals surface area contributed by atoms with Gasteiger partial charge in [-0.3, -0.25) is 4.79 Å². The van der Waals surface area contributed by atoms with E-state index in [1.807, 2.05) is 36.4 Å². The first-order valence-corrected chi connectivity index (χ1v) is 10.1. The largest absolute Gasteiger partial charge is 0.389 e. The van der Waals surface area contributed by atoms with E-state index in [0.717, 1.165) is 26.7 Å². The molecule has 2 rings (SSSR count). The molecule has 0 saturated carbocycles. The van der Waals surface area contributed by atoms with Crippen molar-refractivity contribution in [2.24, 2.45) is 0 Å². The molecule has 2 atom stereocenters. The van der Waals surface area contributed by atoms with E-state index in [2.05, 4.69) is 21.2 Å². The van der Waals surface area contributed by atoms with Crippen molar-refractivity contribution in [2.75, 3.05) is 13.2 Å². The minimum absolute atomic E-state index is 0.263. The van der Waals surface area contributed by atoms with E-state index in [9.17, 15) is 18.7 Å². The Balaban J connectivity index is 1.88. The van der Waals surface area contributed by atoms with Crippen LogP contribution in [0.4, 0.5) is 8.78 Å². The molecule has 1 heterocycles. The van der Waals surface area contributed by atoms with Crippen LogP contribution in [0, 0.1) is 0 Å². The van der Waals surface area contributed by atoms with Crippen LogP contribution < -0.4 is 5.32 Å². The van der Waals surface area contributed by atoms with Gasteiger partial charge >= 0.3 is 0 Å². The molecule has 0 unspecified atom stereocenters. The normalized spacial score (nSPS) is 14.9. The molecular weight excluding hydrogens is 440 g/mol. The van der Waals surface area contributed by atoms with Crippen molar-refractivity contribution in [2.45, 2.75) is 37.8 Å². The monoisotopic (exact) mass is 461 g/mol. The number of aliphatic hydroxyl groups is 2. The second-order valence-corrected chi connectivity index (χ2v) is 8.91. The van der Waals surface area contributed by atoms with Gasteiger partial charge in [0.05, 0.1) is 3.79 Å². The molecule has 0 saturated heterocycles. The maximum Gasteiger partial charge on any atom is 0.268 e. The third kappa shape index (κ3) is 5.89. The summed E-state index contributed by atoms with van der Waals surface area (Å²) in [5.74, 6) is -0.855. The summed E-state index contributed by atoms with van der Waals surface area (Å²) < 4.78 is 27.0. The third-order valence-corrected chi connectivity index (χ3v) is 5.98. The van der Waals surface area contributed by atoms with E-state index in [4.69, 9.17) is 5.11 Å².